The van der Waals surface area contributed by atoms with Gasteiger partial charge in [0.25, 0.3) is 0 Å². The fourth-order valence-electron chi connectivity index (χ4n) is 2.46. The molecule has 1 nitrogen and oxygen atoms in total. The monoisotopic (exact) mass is 220 g/mol. The van der Waals surface area contributed by atoms with E-state index in [1.165, 1.54) is 12.5 Å². The van der Waals surface area contributed by atoms with Gasteiger partial charge in [-0.25, -0.2) is 4.39 Å². The van der Waals surface area contributed by atoms with Crippen LogP contribution in [0.4, 0.5) is 4.39 Å². The molecule has 0 N–H and O–H groups in total. The highest BCUT2D eigenvalue weighted by Gasteiger charge is 2.23. The summed E-state index contributed by atoms with van der Waals surface area (Å²) in [5, 5.41) is 0. The predicted molar refractivity (Wildman–Crippen MR) is 62.0 cm³/mol. The maximum atomic E-state index is 13.4. The number of rotatable bonds is 2. The van der Waals surface area contributed by atoms with Crippen molar-refractivity contribution in [3.63, 3.8) is 0 Å². The summed E-state index contributed by atoms with van der Waals surface area (Å²) in [6.45, 7) is 1.69. The van der Waals surface area contributed by atoms with Gasteiger partial charge < -0.3 is 0 Å². The molecular weight excluding hydrogens is 203 g/mol. The molecule has 0 aromatic heterocycles. The predicted octanol–water partition coefficient (Wildman–Crippen LogP) is 3.90. The summed E-state index contributed by atoms with van der Waals surface area (Å²) in [5.74, 6) is -0.0207. The Morgan fingerprint density at radius 3 is 2.62 bits per heavy atom. The van der Waals surface area contributed by atoms with Gasteiger partial charge in [-0.2, -0.15) is 0 Å². The quantitative estimate of drug-likeness (QED) is 0.691. The van der Waals surface area contributed by atoms with E-state index in [9.17, 15) is 9.18 Å². The van der Waals surface area contributed by atoms with Gasteiger partial charge in [0, 0.05) is 11.5 Å². The summed E-state index contributed by atoms with van der Waals surface area (Å²) in [4.78, 5) is 12.2. The number of halogens is 1. The number of carbonyl (C=O) groups is 1. The summed E-state index contributed by atoms with van der Waals surface area (Å²) < 4.78 is 13.4. The normalized spacial score (nSPS) is 17.4. The second-order valence-electron chi connectivity index (χ2n) is 4.61. The summed E-state index contributed by atoms with van der Waals surface area (Å²) in [6, 6.07) is 4.78. The summed E-state index contributed by atoms with van der Waals surface area (Å²) in [6.07, 6.45) is 5.42. The molecule has 2 heteroatoms. The molecule has 1 aromatic rings. The minimum Gasteiger partial charge on any atom is -0.294 e. The SMILES string of the molecule is Cc1c(F)cccc1C(=O)C1CCCCC1. The molecule has 0 heterocycles. The van der Waals surface area contributed by atoms with Crippen LogP contribution in [0.25, 0.3) is 0 Å². The lowest BCUT2D eigenvalue weighted by Gasteiger charge is -2.21. The van der Waals surface area contributed by atoms with E-state index in [2.05, 4.69) is 0 Å². The Morgan fingerprint density at radius 2 is 1.94 bits per heavy atom. The van der Waals surface area contributed by atoms with Gasteiger partial charge in [0.05, 0.1) is 0 Å². The Balaban J connectivity index is 2.22. The fraction of sp³-hybridized carbons (Fsp3) is 0.500. The van der Waals surface area contributed by atoms with E-state index in [-0.39, 0.29) is 17.5 Å². The highest BCUT2D eigenvalue weighted by molar-refractivity contribution is 5.99. The highest BCUT2D eigenvalue weighted by Crippen LogP contribution is 2.28. The molecule has 0 bridgehead atoms. The zero-order valence-corrected chi connectivity index (χ0v) is 9.63. The second-order valence-corrected chi connectivity index (χ2v) is 4.61. The van der Waals surface area contributed by atoms with E-state index < -0.39 is 0 Å². The molecular formula is C14H17FO. The number of ketones is 1. The Bertz CT molecular complexity index is 392. The molecule has 0 aliphatic heterocycles. The topological polar surface area (TPSA) is 17.1 Å². The first-order valence-corrected chi connectivity index (χ1v) is 5.99. The molecule has 1 aromatic carbocycles. The van der Waals surface area contributed by atoms with Gasteiger partial charge in [-0.3, -0.25) is 4.79 Å². The van der Waals surface area contributed by atoms with Crippen molar-refractivity contribution in [1.29, 1.82) is 0 Å². The molecule has 2 rings (SSSR count). The van der Waals surface area contributed by atoms with Gasteiger partial charge in [-0.05, 0) is 31.4 Å². The smallest absolute Gasteiger partial charge is 0.166 e. The maximum absolute atomic E-state index is 13.4. The van der Waals surface area contributed by atoms with E-state index in [1.54, 1.807) is 19.1 Å². The van der Waals surface area contributed by atoms with Crippen LogP contribution < -0.4 is 0 Å². The van der Waals surface area contributed by atoms with Crippen molar-refractivity contribution < 1.29 is 9.18 Å². The van der Waals surface area contributed by atoms with E-state index in [4.69, 9.17) is 0 Å². The fourth-order valence-corrected chi connectivity index (χ4v) is 2.46. The van der Waals surface area contributed by atoms with Crippen LogP contribution in [0.15, 0.2) is 18.2 Å². The van der Waals surface area contributed by atoms with Gasteiger partial charge in [-0.1, -0.05) is 31.4 Å². The van der Waals surface area contributed by atoms with Crippen LogP contribution in [0.2, 0.25) is 0 Å². The minimum atomic E-state index is -0.276. The lowest BCUT2D eigenvalue weighted by atomic mass is 9.83. The molecule has 0 amide bonds. The number of benzene rings is 1. The lowest BCUT2D eigenvalue weighted by Crippen LogP contribution is -2.19. The van der Waals surface area contributed by atoms with Crippen LogP contribution in [0.1, 0.15) is 48.0 Å². The van der Waals surface area contributed by atoms with Crippen molar-refractivity contribution in [1.82, 2.24) is 0 Å². The molecule has 0 spiro atoms. The zero-order chi connectivity index (χ0) is 11.5. The van der Waals surface area contributed by atoms with Gasteiger partial charge in [0.2, 0.25) is 0 Å². The van der Waals surface area contributed by atoms with Crippen molar-refractivity contribution in [3.8, 4) is 0 Å². The third-order valence-electron chi connectivity index (χ3n) is 3.51. The lowest BCUT2D eigenvalue weighted by molar-refractivity contribution is 0.0888. The average molecular weight is 220 g/mol. The van der Waals surface area contributed by atoms with Crippen LogP contribution in [0.3, 0.4) is 0 Å². The van der Waals surface area contributed by atoms with E-state index >= 15 is 0 Å². The van der Waals surface area contributed by atoms with Gasteiger partial charge in [-0.15, -0.1) is 0 Å². The summed E-state index contributed by atoms with van der Waals surface area (Å²) >= 11 is 0. The van der Waals surface area contributed by atoms with Crippen LogP contribution >= 0.6 is 0 Å². The van der Waals surface area contributed by atoms with Crippen molar-refractivity contribution in [2.75, 3.05) is 0 Å². The highest BCUT2D eigenvalue weighted by atomic mass is 19.1. The summed E-state index contributed by atoms with van der Waals surface area (Å²) in [5.41, 5.74) is 1.07. The minimum absolute atomic E-state index is 0.120. The molecule has 0 radical (unpaired) electrons. The molecule has 16 heavy (non-hydrogen) atoms. The first kappa shape index (κ1) is 11.3. The average Bonchev–Trinajstić information content (AvgIpc) is 2.33. The molecule has 1 saturated carbocycles. The first-order chi connectivity index (χ1) is 7.70. The van der Waals surface area contributed by atoms with Crippen molar-refractivity contribution in [3.05, 3.63) is 35.1 Å². The van der Waals surface area contributed by atoms with Crippen LogP contribution in [-0.2, 0) is 0 Å². The largest absolute Gasteiger partial charge is 0.294 e. The second kappa shape index (κ2) is 4.77. The number of hydrogen-bond acceptors (Lipinski definition) is 1. The molecule has 1 aliphatic rings. The number of carbonyl (C=O) groups excluding carboxylic acids is 1. The van der Waals surface area contributed by atoms with E-state index in [0.29, 0.717) is 11.1 Å². The Hall–Kier alpha value is -1.18. The van der Waals surface area contributed by atoms with E-state index in [1.807, 2.05) is 0 Å². The third kappa shape index (κ3) is 2.16. The maximum Gasteiger partial charge on any atom is 0.166 e. The van der Waals surface area contributed by atoms with Crippen LogP contribution in [0, 0.1) is 18.7 Å². The molecule has 0 saturated heterocycles. The van der Waals surface area contributed by atoms with E-state index in [0.717, 1.165) is 25.7 Å². The van der Waals surface area contributed by atoms with Crippen LogP contribution in [-0.4, -0.2) is 5.78 Å². The molecule has 1 fully saturated rings. The molecule has 0 unspecified atom stereocenters. The van der Waals surface area contributed by atoms with Gasteiger partial charge in [0.15, 0.2) is 5.78 Å². The third-order valence-corrected chi connectivity index (χ3v) is 3.51. The van der Waals surface area contributed by atoms with Crippen LogP contribution in [0.5, 0.6) is 0 Å². The van der Waals surface area contributed by atoms with Gasteiger partial charge >= 0.3 is 0 Å². The first-order valence-electron chi connectivity index (χ1n) is 5.99. The standard InChI is InChI=1S/C14H17FO/c1-10-12(8-5-9-13(10)15)14(16)11-6-3-2-4-7-11/h5,8-9,11H,2-4,6-7H2,1H3. The Kier molecular flexibility index (Phi) is 3.37. The molecule has 86 valence electrons. The zero-order valence-electron chi connectivity index (χ0n) is 9.63. The Labute approximate surface area is 95.7 Å². The van der Waals surface area contributed by atoms with Crippen molar-refractivity contribution >= 4 is 5.78 Å². The molecule has 1 aliphatic carbocycles. The van der Waals surface area contributed by atoms with Crippen molar-refractivity contribution in [2.24, 2.45) is 5.92 Å². The number of Topliss-reactive ketones (excluding diaryl/α,β-unsaturated/α-hetero) is 1. The Morgan fingerprint density at radius 1 is 1.25 bits per heavy atom. The van der Waals surface area contributed by atoms with Gasteiger partial charge in [0.1, 0.15) is 5.82 Å². The van der Waals surface area contributed by atoms with Crippen molar-refractivity contribution in [2.45, 2.75) is 39.0 Å². The summed E-state index contributed by atoms with van der Waals surface area (Å²) in [7, 11) is 0. The number of hydrogen-bond donors (Lipinski definition) is 0. The molecule has 0 atom stereocenters.